The molecule has 264 valence electrons. The number of hydrogen-bond donors (Lipinski definition) is 2. The van der Waals surface area contributed by atoms with Gasteiger partial charge in [-0.25, -0.2) is 4.39 Å². The van der Waals surface area contributed by atoms with E-state index in [1.165, 1.54) is 41.3 Å². The minimum absolute atomic E-state index is 0.0707. The maximum absolute atomic E-state index is 14.0. The zero-order chi connectivity index (χ0) is 35.8. The second-order valence-corrected chi connectivity index (χ2v) is 15.2. The van der Waals surface area contributed by atoms with Crippen LogP contribution in [0.5, 0.6) is 11.5 Å². The lowest BCUT2D eigenvalue weighted by Crippen LogP contribution is -2.42. The van der Waals surface area contributed by atoms with Crippen molar-refractivity contribution in [3.8, 4) is 11.5 Å². The molecule has 4 unspecified atom stereocenters. The molecule has 2 aliphatic heterocycles. The molecule has 7 atom stereocenters. The fraction of sp³-hybridized carbons (Fsp3) is 0.333. The quantitative estimate of drug-likeness (QED) is 0.153. The predicted octanol–water partition coefficient (Wildman–Crippen LogP) is 6.69. The Labute approximate surface area is 296 Å². The number of amides is 3. The molecule has 1 aromatic heterocycles. The number of halogens is 4. The lowest BCUT2D eigenvalue weighted by atomic mass is 9.68. The van der Waals surface area contributed by atoms with E-state index in [0.29, 0.717) is 17.9 Å². The molecule has 9 nitrogen and oxygen atoms in total. The maximum Gasteiger partial charge on any atom is 0.418 e. The smallest absolute Gasteiger partial charge is 0.418 e. The number of benzene rings is 3. The van der Waals surface area contributed by atoms with Gasteiger partial charge in [-0.15, -0.1) is 11.8 Å². The number of ether oxygens (including phenoxy) is 2. The zero-order valence-electron chi connectivity index (χ0n) is 26.7. The van der Waals surface area contributed by atoms with E-state index in [1.54, 1.807) is 36.9 Å². The summed E-state index contributed by atoms with van der Waals surface area (Å²) in [7, 11) is 0. The van der Waals surface area contributed by atoms with E-state index in [4.69, 9.17) is 9.47 Å². The first kappa shape index (κ1) is 33.5. The van der Waals surface area contributed by atoms with Crippen molar-refractivity contribution < 1.29 is 41.4 Å². The number of nitrogens with zero attached hydrogens (tertiary/aromatic N) is 1. The summed E-state index contributed by atoms with van der Waals surface area (Å²) in [6.45, 7) is 1.42. The van der Waals surface area contributed by atoms with Crippen molar-refractivity contribution in [2.45, 2.75) is 35.7 Å². The molecular formula is C36H29F4N3O6S2. The Balaban J connectivity index is 1.08. The highest BCUT2D eigenvalue weighted by atomic mass is 32.2. The molecule has 3 fully saturated rings. The molecule has 3 aromatic carbocycles. The number of aromatic amines is 1. The summed E-state index contributed by atoms with van der Waals surface area (Å²) < 4.78 is 65.7. The van der Waals surface area contributed by atoms with Crippen LogP contribution in [-0.4, -0.2) is 41.2 Å². The van der Waals surface area contributed by atoms with Gasteiger partial charge in [-0.1, -0.05) is 29.5 Å². The highest BCUT2D eigenvalue weighted by Gasteiger charge is 2.69. The van der Waals surface area contributed by atoms with Gasteiger partial charge < -0.3 is 19.8 Å². The summed E-state index contributed by atoms with van der Waals surface area (Å²) in [5.74, 6) is -3.13. The number of carbonyl (C=O) groups excluding carboxylic acids is 3. The molecule has 0 radical (unpaired) electrons. The molecule has 0 spiro atoms. The summed E-state index contributed by atoms with van der Waals surface area (Å²) in [6, 6.07) is 15.2. The van der Waals surface area contributed by atoms with Crippen LogP contribution in [-0.2, 0) is 20.6 Å². The minimum Gasteiger partial charge on any atom is -0.490 e. The number of alkyl halides is 3. The van der Waals surface area contributed by atoms with Crippen LogP contribution in [0.15, 0.2) is 76.6 Å². The number of aromatic nitrogens is 1. The van der Waals surface area contributed by atoms with Crippen molar-refractivity contribution >= 4 is 52.2 Å². The summed E-state index contributed by atoms with van der Waals surface area (Å²) in [5, 5.41) is 2.92. The number of carbonyl (C=O) groups is 3. The summed E-state index contributed by atoms with van der Waals surface area (Å²) in [4.78, 5) is 57.9. The highest BCUT2D eigenvalue weighted by molar-refractivity contribution is 8.00. The normalized spacial score (nSPS) is 26.1. The number of para-hydroxylation sites is 1. The first-order valence-corrected chi connectivity index (χ1v) is 18.0. The van der Waals surface area contributed by atoms with Crippen molar-refractivity contribution in [3.05, 3.63) is 98.2 Å². The SMILES string of the molecule is CCOc1cc([C@H]2c3sc(=O)[nH]c3SC3C2[C@H]2C[C@@H]3C3C(=O)N(c4ccc(F)cc4)C(=O)C32)ccc1OCC(=O)Nc1ccccc1C(F)(F)F. The molecule has 2 aliphatic carbocycles. The molecule has 8 rings (SSSR count). The lowest BCUT2D eigenvalue weighted by Gasteiger charge is -2.43. The van der Waals surface area contributed by atoms with E-state index in [-0.39, 0.29) is 63.7 Å². The number of hydrogen-bond acceptors (Lipinski definition) is 8. The second-order valence-electron chi connectivity index (χ2n) is 13.0. The number of anilines is 2. The van der Waals surface area contributed by atoms with E-state index in [9.17, 15) is 36.7 Å². The predicted molar refractivity (Wildman–Crippen MR) is 181 cm³/mol. The first-order chi connectivity index (χ1) is 24.4. The Kier molecular flexibility index (Phi) is 8.24. The Hall–Kier alpha value is -4.63. The standard InChI is InChI=1S/C36H29F4N3O6S2/c1-2-48-24-13-16(7-12-23(24)49-15-25(44)41-22-6-4-3-5-21(22)36(38,39)40)26-27-19-14-20(30(27)50-32-31(26)51-35(47)42-32)29-28(19)33(45)43(34(29)46)18-10-8-17(37)9-11-18/h3-13,19-20,26-30H,2,14-15H2,1H3,(H,41,44)(H,42,47)/t19-,20-,26-,27?,28?,29?,30?/m1/s1. The van der Waals surface area contributed by atoms with Crippen LogP contribution in [0, 0.1) is 35.4 Å². The molecular weight excluding hydrogens is 711 g/mol. The molecule has 2 saturated carbocycles. The van der Waals surface area contributed by atoms with Gasteiger partial charge in [0.25, 0.3) is 5.91 Å². The molecule has 2 N–H and O–H groups in total. The Morgan fingerprint density at radius 2 is 1.69 bits per heavy atom. The Bertz CT molecular complexity index is 2120. The molecule has 3 amide bonds. The maximum atomic E-state index is 14.0. The number of thiazole rings is 1. The van der Waals surface area contributed by atoms with Gasteiger partial charge in [-0.2, -0.15) is 13.2 Å². The summed E-state index contributed by atoms with van der Waals surface area (Å²) in [5.41, 5.74) is -0.239. The number of nitrogens with one attached hydrogen (secondary N) is 2. The van der Waals surface area contributed by atoms with Crippen LogP contribution in [0.2, 0.25) is 0 Å². The largest absolute Gasteiger partial charge is 0.490 e. The lowest BCUT2D eigenvalue weighted by molar-refractivity contribution is -0.137. The van der Waals surface area contributed by atoms with Gasteiger partial charge in [0.2, 0.25) is 11.8 Å². The first-order valence-electron chi connectivity index (χ1n) is 16.3. The monoisotopic (exact) mass is 739 g/mol. The van der Waals surface area contributed by atoms with E-state index in [1.807, 2.05) is 0 Å². The van der Waals surface area contributed by atoms with Crippen molar-refractivity contribution in [2.24, 2.45) is 29.6 Å². The molecule has 15 heteroatoms. The van der Waals surface area contributed by atoms with Gasteiger partial charge in [0.05, 0.1) is 40.4 Å². The second kappa shape index (κ2) is 12.5. The third-order valence-corrected chi connectivity index (χ3v) is 12.9. The van der Waals surface area contributed by atoms with Gasteiger partial charge in [-0.05, 0) is 85.2 Å². The topological polar surface area (TPSA) is 118 Å². The van der Waals surface area contributed by atoms with Crippen LogP contribution in [0.1, 0.15) is 35.3 Å². The average molecular weight is 740 g/mol. The van der Waals surface area contributed by atoms with Gasteiger partial charge in [-0.3, -0.25) is 24.1 Å². The molecule has 51 heavy (non-hydrogen) atoms. The van der Waals surface area contributed by atoms with E-state index in [2.05, 4.69) is 10.3 Å². The summed E-state index contributed by atoms with van der Waals surface area (Å²) >= 11 is 2.65. The molecule has 2 bridgehead atoms. The third kappa shape index (κ3) is 5.61. The fourth-order valence-corrected chi connectivity index (χ4v) is 11.4. The van der Waals surface area contributed by atoms with Crippen LogP contribution >= 0.6 is 23.1 Å². The molecule has 4 aliphatic rings. The van der Waals surface area contributed by atoms with Crippen LogP contribution < -0.4 is 24.6 Å². The van der Waals surface area contributed by atoms with Crippen molar-refractivity contribution in [2.75, 3.05) is 23.4 Å². The van der Waals surface area contributed by atoms with E-state index < -0.39 is 41.9 Å². The minimum atomic E-state index is -4.66. The van der Waals surface area contributed by atoms with Crippen LogP contribution in [0.4, 0.5) is 28.9 Å². The molecule has 3 heterocycles. The third-order valence-electron chi connectivity index (χ3n) is 10.3. The number of thioether (sulfide) groups is 1. The number of imide groups is 1. The van der Waals surface area contributed by atoms with Crippen molar-refractivity contribution in [1.82, 2.24) is 4.98 Å². The highest BCUT2D eigenvalue weighted by Crippen LogP contribution is 2.68. The molecule has 4 aromatic rings. The van der Waals surface area contributed by atoms with Gasteiger partial charge in [0, 0.05) is 16.0 Å². The Morgan fingerprint density at radius 3 is 2.41 bits per heavy atom. The average Bonchev–Trinajstić information content (AvgIpc) is 3.83. The van der Waals surface area contributed by atoms with Gasteiger partial charge in [0.15, 0.2) is 18.1 Å². The van der Waals surface area contributed by atoms with Crippen molar-refractivity contribution in [1.29, 1.82) is 0 Å². The van der Waals surface area contributed by atoms with Gasteiger partial charge in [0.1, 0.15) is 5.82 Å². The zero-order valence-corrected chi connectivity index (χ0v) is 28.4. The fourth-order valence-electron chi connectivity index (χ4n) is 8.51. The molecule has 1 saturated heterocycles. The van der Waals surface area contributed by atoms with Crippen LogP contribution in [0.25, 0.3) is 0 Å². The van der Waals surface area contributed by atoms with E-state index in [0.717, 1.165) is 38.9 Å². The Morgan fingerprint density at radius 1 is 0.961 bits per heavy atom. The van der Waals surface area contributed by atoms with Gasteiger partial charge >= 0.3 is 11.0 Å². The van der Waals surface area contributed by atoms with E-state index >= 15 is 0 Å². The summed E-state index contributed by atoms with van der Waals surface area (Å²) in [6.07, 6.45) is -3.98. The number of fused-ring (bicyclic) bond motifs is 9. The number of rotatable bonds is 8. The van der Waals surface area contributed by atoms with Crippen molar-refractivity contribution in [3.63, 3.8) is 0 Å². The number of H-pyrrole nitrogens is 1. The van der Waals surface area contributed by atoms with Crippen LogP contribution in [0.3, 0.4) is 0 Å².